The number of oxazole rings is 1. The summed E-state index contributed by atoms with van der Waals surface area (Å²) in [7, 11) is 1.53. The molecule has 1 aromatic heterocycles. The standard InChI is InChI=1S/C25H22BrN3O3S/c1-13-8-14(2)22-20(9-13)28-24(32-22)16-6-5-7-18(11-16)27-25(33)29-23(30)19-12-17(26)10-15(3)21(19)31-4/h5-12H,1-4H3,(H2,27,29,30,33). The first-order chi connectivity index (χ1) is 15.7. The van der Waals surface area contributed by atoms with Crippen molar-refractivity contribution in [1.29, 1.82) is 0 Å². The second kappa shape index (κ2) is 9.33. The Bertz CT molecular complexity index is 1400. The number of nitrogens with one attached hydrogen (secondary N) is 2. The molecule has 8 heteroatoms. The van der Waals surface area contributed by atoms with Gasteiger partial charge in [-0.15, -0.1) is 0 Å². The van der Waals surface area contributed by atoms with Crippen molar-refractivity contribution in [2.75, 3.05) is 12.4 Å². The second-order valence-electron chi connectivity index (χ2n) is 7.74. The first-order valence-electron chi connectivity index (χ1n) is 10.2. The van der Waals surface area contributed by atoms with Crippen LogP contribution in [0.3, 0.4) is 0 Å². The van der Waals surface area contributed by atoms with Gasteiger partial charge in [-0.3, -0.25) is 10.1 Å². The molecule has 0 saturated heterocycles. The Morgan fingerprint density at radius 2 is 1.88 bits per heavy atom. The molecule has 2 N–H and O–H groups in total. The Kier molecular flexibility index (Phi) is 6.49. The van der Waals surface area contributed by atoms with Crippen LogP contribution in [0.15, 0.2) is 57.4 Å². The summed E-state index contributed by atoms with van der Waals surface area (Å²) in [6.45, 7) is 5.91. The van der Waals surface area contributed by atoms with Gasteiger partial charge < -0.3 is 14.5 Å². The molecular weight excluding hydrogens is 502 g/mol. The zero-order chi connectivity index (χ0) is 23.7. The summed E-state index contributed by atoms with van der Waals surface area (Å²) in [5.74, 6) is 0.656. The zero-order valence-electron chi connectivity index (χ0n) is 18.6. The van der Waals surface area contributed by atoms with Gasteiger partial charge in [-0.1, -0.05) is 28.1 Å². The monoisotopic (exact) mass is 523 g/mol. The lowest BCUT2D eigenvalue weighted by Crippen LogP contribution is -2.34. The van der Waals surface area contributed by atoms with E-state index >= 15 is 0 Å². The number of hydrogen-bond acceptors (Lipinski definition) is 5. The van der Waals surface area contributed by atoms with Crippen molar-refractivity contribution in [3.63, 3.8) is 0 Å². The number of carbonyl (C=O) groups is 1. The maximum atomic E-state index is 12.8. The predicted octanol–water partition coefficient (Wildman–Crippen LogP) is 6.32. The summed E-state index contributed by atoms with van der Waals surface area (Å²) in [6, 6.07) is 15.1. The molecule has 1 heterocycles. The highest BCUT2D eigenvalue weighted by molar-refractivity contribution is 9.10. The molecule has 0 unspecified atom stereocenters. The molecule has 0 bridgehead atoms. The number of aryl methyl sites for hydroxylation is 3. The lowest BCUT2D eigenvalue weighted by atomic mass is 10.1. The van der Waals surface area contributed by atoms with Crippen LogP contribution in [-0.4, -0.2) is 23.1 Å². The summed E-state index contributed by atoms with van der Waals surface area (Å²) in [4.78, 5) is 17.4. The van der Waals surface area contributed by atoms with Crippen LogP contribution in [0.2, 0.25) is 0 Å². The maximum absolute atomic E-state index is 12.8. The van der Waals surface area contributed by atoms with Gasteiger partial charge in [0, 0.05) is 15.7 Å². The Morgan fingerprint density at radius 1 is 1.09 bits per heavy atom. The minimum atomic E-state index is -0.366. The fraction of sp³-hybridized carbons (Fsp3) is 0.160. The average molecular weight is 524 g/mol. The van der Waals surface area contributed by atoms with Crippen molar-refractivity contribution in [1.82, 2.24) is 10.3 Å². The highest BCUT2D eigenvalue weighted by atomic mass is 79.9. The Hall–Kier alpha value is -3.23. The van der Waals surface area contributed by atoms with Crippen LogP contribution in [0.5, 0.6) is 5.75 Å². The average Bonchev–Trinajstić information content (AvgIpc) is 3.18. The topological polar surface area (TPSA) is 76.4 Å². The van der Waals surface area contributed by atoms with E-state index in [1.807, 2.05) is 57.2 Å². The molecule has 0 radical (unpaired) electrons. The number of halogens is 1. The highest BCUT2D eigenvalue weighted by Gasteiger charge is 2.17. The van der Waals surface area contributed by atoms with Crippen molar-refractivity contribution >= 4 is 56.0 Å². The van der Waals surface area contributed by atoms with E-state index in [0.29, 0.717) is 22.9 Å². The van der Waals surface area contributed by atoms with Gasteiger partial charge in [0.15, 0.2) is 10.7 Å². The van der Waals surface area contributed by atoms with E-state index in [4.69, 9.17) is 21.4 Å². The fourth-order valence-corrected chi connectivity index (χ4v) is 4.52. The van der Waals surface area contributed by atoms with Crippen molar-refractivity contribution in [2.45, 2.75) is 20.8 Å². The van der Waals surface area contributed by atoms with E-state index < -0.39 is 0 Å². The van der Waals surface area contributed by atoms with Crippen LogP contribution < -0.4 is 15.4 Å². The largest absolute Gasteiger partial charge is 0.496 e. The number of nitrogens with zero attached hydrogens (tertiary/aromatic N) is 1. The third-order valence-corrected chi connectivity index (χ3v) is 5.76. The van der Waals surface area contributed by atoms with E-state index in [9.17, 15) is 4.79 Å². The number of benzene rings is 3. The van der Waals surface area contributed by atoms with Crippen LogP contribution in [-0.2, 0) is 0 Å². The Morgan fingerprint density at radius 3 is 2.64 bits per heavy atom. The third-order valence-electron chi connectivity index (χ3n) is 5.10. The van der Waals surface area contributed by atoms with Gasteiger partial charge in [0.05, 0.1) is 12.7 Å². The van der Waals surface area contributed by atoms with Crippen LogP contribution >= 0.6 is 28.1 Å². The van der Waals surface area contributed by atoms with Gasteiger partial charge in [0.2, 0.25) is 5.89 Å². The molecule has 1 amide bonds. The summed E-state index contributed by atoms with van der Waals surface area (Å²) < 4.78 is 12.2. The lowest BCUT2D eigenvalue weighted by Gasteiger charge is -2.14. The molecular formula is C25H22BrN3O3S. The van der Waals surface area contributed by atoms with Gasteiger partial charge in [-0.05, 0) is 86.1 Å². The number of amides is 1. The van der Waals surface area contributed by atoms with Crippen molar-refractivity contribution < 1.29 is 13.9 Å². The SMILES string of the molecule is COc1c(C)cc(Br)cc1C(=O)NC(=S)Nc1cccc(-c2nc3cc(C)cc(C)c3o2)c1. The fourth-order valence-electron chi connectivity index (χ4n) is 3.73. The number of thiocarbonyl (C=S) groups is 1. The molecule has 0 saturated carbocycles. The number of methoxy groups -OCH3 is 1. The lowest BCUT2D eigenvalue weighted by molar-refractivity contribution is 0.0974. The number of hydrogen-bond donors (Lipinski definition) is 2. The van der Waals surface area contributed by atoms with Gasteiger partial charge in [0.25, 0.3) is 5.91 Å². The smallest absolute Gasteiger partial charge is 0.261 e. The molecule has 0 aliphatic heterocycles. The highest BCUT2D eigenvalue weighted by Crippen LogP contribution is 2.29. The molecule has 0 spiro atoms. The molecule has 168 valence electrons. The molecule has 3 aromatic carbocycles. The van der Waals surface area contributed by atoms with Crippen LogP contribution in [0, 0.1) is 20.8 Å². The summed E-state index contributed by atoms with van der Waals surface area (Å²) in [5, 5.41) is 5.93. The molecule has 6 nitrogen and oxygen atoms in total. The van der Waals surface area contributed by atoms with E-state index in [1.54, 1.807) is 6.07 Å². The van der Waals surface area contributed by atoms with Crippen LogP contribution in [0.4, 0.5) is 5.69 Å². The van der Waals surface area contributed by atoms with Gasteiger partial charge >= 0.3 is 0 Å². The number of anilines is 1. The van der Waals surface area contributed by atoms with Crippen molar-refractivity contribution in [3.05, 3.63) is 75.3 Å². The molecule has 0 atom stereocenters. The number of fused-ring (bicyclic) bond motifs is 1. The summed E-state index contributed by atoms with van der Waals surface area (Å²) >= 11 is 8.78. The van der Waals surface area contributed by atoms with E-state index in [-0.39, 0.29) is 11.0 Å². The van der Waals surface area contributed by atoms with Crippen molar-refractivity contribution in [2.24, 2.45) is 0 Å². The summed E-state index contributed by atoms with van der Waals surface area (Å²) in [6.07, 6.45) is 0. The molecule has 4 aromatic rings. The Labute approximate surface area is 205 Å². The first kappa shape index (κ1) is 22.9. The predicted molar refractivity (Wildman–Crippen MR) is 138 cm³/mol. The van der Waals surface area contributed by atoms with Gasteiger partial charge in [-0.2, -0.15) is 0 Å². The molecule has 0 fully saturated rings. The first-order valence-corrected chi connectivity index (χ1v) is 11.4. The van der Waals surface area contributed by atoms with Crippen molar-refractivity contribution in [3.8, 4) is 17.2 Å². The van der Waals surface area contributed by atoms with Crippen LogP contribution in [0.25, 0.3) is 22.6 Å². The van der Waals surface area contributed by atoms with E-state index in [2.05, 4.69) is 37.6 Å². The van der Waals surface area contributed by atoms with Crippen LogP contribution in [0.1, 0.15) is 27.0 Å². The third kappa shape index (κ3) is 4.91. The minimum Gasteiger partial charge on any atom is -0.496 e. The Balaban J connectivity index is 1.53. The minimum absolute atomic E-state index is 0.167. The molecule has 0 aliphatic rings. The molecule has 0 aliphatic carbocycles. The molecule has 33 heavy (non-hydrogen) atoms. The summed E-state index contributed by atoms with van der Waals surface area (Å²) in [5.41, 5.74) is 6.49. The number of aromatic nitrogens is 1. The van der Waals surface area contributed by atoms with Gasteiger partial charge in [0.1, 0.15) is 11.3 Å². The van der Waals surface area contributed by atoms with E-state index in [0.717, 1.165) is 37.8 Å². The van der Waals surface area contributed by atoms with Gasteiger partial charge in [-0.25, -0.2) is 4.98 Å². The second-order valence-corrected chi connectivity index (χ2v) is 9.07. The number of rotatable bonds is 4. The molecule has 4 rings (SSSR count). The quantitative estimate of drug-likeness (QED) is 0.305. The maximum Gasteiger partial charge on any atom is 0.261 e. The number of ether oxygens (including phenoxy) is 1. The zero-order valence-corrected chi connectivity index (χ0v) is 21.0. The normalized spacial score (nSPS) is 10.8. The number of carbonyl (C=O) groups excluding carboxylic acids is 1. The van der Waals surface area contributed by atoms with E-state index in [1.165, 1.54) is 7.11 Å².